The van der Waals surface area contributed by atoms with Crippen LogP contribution >= 0.6 is 11.8 Å². The fraction of sp³-hybridized carbons (Fsp3) is 0.357. The van der Waals surface area contributed by atoms with Gasteiger partial charge >= 0.3 is 5.97 Å². The molecule has 2 rings (SSSR count). The van der Waals surface area contributed by atoms with E-state index in [0.29, 0.717) is 23.8 Å². The van der Waals surface area contributed by atoms with E-state index >= 15 is 0 Å². The summed E-state index contributed by atoms with van der Waals surface area (Å²) in [5, 5.41) is 6.71. The molecule has 106 valence electrons. The summed E-state index contributed by atoms with van der Waals surface area (Å²) in [6, 6.07) is 9.98. The van der Waals surface area contributed by atoms with Crippen LogP contribution in [0.15, 0.2) is 35.2 Å². The Morgan fingerprint density at radius 2 is 2.15 bits per heavy atom. The molecule has 0 saturated heterocycles. The van der Waals surface area contributed by atoms with Crippen LogP contribution in [0, 0.1) is 6.92 Å². The number of benzene rings is 1. The molecule has 1 atom stereocenters. The molecule has 2 aromatic rings. The highest BCUT2D eigenvalue weighted by Gasteiger charge is 2.15. The van der Waals surface area contributed by atoms with Gasteiger partial charge in [-0.2, -0.15) is 5.10 Å². The average Bonchev–Trinajstić information content (AvgIpc) is 2.87. The normalized spacial score (nSPS) is 12.1. The zero-order chi connectivity index (χ0) is 14.4. The molecule has 0 aliphatic rings. The molecule has 0 spiro atoms. The second-order valence-electron chi connectivity index (χ2n) is 4.32. The minimum absolute atomic E-state index is 0.233. The van der Waals surface area contributed by atoms with E-state index in [1.165, 1.54) is 0 Å². The monoisotopic (exact) mass is 291 g/mol. The van der Waals surface area contributed by atoms with Gasteiger partial charge in [0.15, 0.2) is 11.9 Å². The number of nitrogens with zero attached hydrogens (tertiary/aromatic N) is 2. The number of aryl methyl sites for hydroxylation is 1. The number of carbonyl (C=O) groups excluding carboxylic acids is 1. The molecule has 1 heterocycles. The van der Waals surface area contributed by atoms with E-state index in [9.17, 15) is 4.79 Å². The van der Waals surface area contributed by atoms with E-state index in [-0.39, 0.29) is 5.97 Å². The molecule has 0 amide bonds. The maximum atomic E-state index is 11.7. The van der Waals surface area contributed by atoms with Gasteiger partial charge in [-0.3, -0.25) is 9.89 Å². The minimum Gasteiger partial charge on any atom is -0.454 e. The Bertz CT molecular complexity index is 557. The largest absolute Gasteiger partial charge is 0.454 e. The van der Waals surface area contributed by atoms with Gasteiger partial charge < -0.3 is 4.74 Å². The summed E-state index contributed by atoms with van der Waals surface area (Å²) in [6.45, 7) is 3.58. The van der Waals surface area contributed by atoms with Crippen molar-refractivity contribution < 1.29 is 9.53 Å². The van der Waals surface area contributed by atoms with E-state index in [0.717, 1.165) is 4.90 Å². The Morgan fingerprint density at radius 1 is 1.40 bits per heavy atom. The first-order chi connectivity index (χ1) is 9.65. The molecule has 6 heteroatoms. The minimum atomic E-state index is -0.422. The maximum absolute atomic E-state index is 11.7. The lowest BCUT2D eigenvalue weighted by molar-refractivity contribution is -0.148. The van der Waals surface area contributed by atoms with Gasteiger partial charge in [0.05, 0.1) is 6.42 Å². The number of esters is 1. The maximum Gasteiger partial charge on any atom is 0.307 e. The van der Waals surface area contributed by atoms with E-state index in [1.54, 1.807) is 18.7 Å². The Kier molecular flexibility index (Phi) is 5.17. The standard InChI is InChI=1S/C14H17N3O2S/c1-10(14-15-11(2)16-17-14)19-13(18)8-9-20-12-6-4-3-5-7-12/h3-7,10H,8-9H2,1-2H3,(H,15,16,17). The van der Waals surface area contributed by atoms with E-state index in [1.807, 2.05) is 37.3 Å². The van der Waals surface area contributed by atoms with Gasteiger partial charge in [-0.15, -0.1) is 11.8 Å². The summed E-state index contributed by atoms with van der Waals surface area (Å²) in [5.41, 5.74) is 0. The molecule has 0 aliphatic carbocycles. The van der Waals surface area contributed by atoms with Crippen LogP contribution in [0.1, 0.15) is 31.1 Å². The fourth-order valence-electron chi connectivity index (χ4n) is 1.62. The summed E-state index contributed by atoms with van der Waals surface area (Å²) in [7, 11) is 0. The summed E-state index contributed by atoms with van der Waals surface area (Å²) in [4.78, 5) is 17.0. The van der Waals surface area contributed by atoms with Crippen LogP contribution in [-0.2, 0) is 9.53 Å². The van der Waals surface area contributed by atoms with Crippen molar-refractivity contribution in [1.82, 2.24) is 15.2 Å². The lowest BCUT2D eigenvalue weighted by atomic mass is 10.4. The second kappa shape index (κ2) is 7.09. The van der Waals surface area contributed by atoms with Crippen LogP contribution in [0.4, 0.5) is 0 Å². The quantitative estimate of drug-likeness (QED) is 0.654. The van der Waals surface area contributed by atoms with Crippen molar-refractivity contribution in [3.05, 3.63) is 42.0 Å². The number of hydrogen-bond acceptors (Lipinski definition) is 5. The zero-order valence-corrected chi connectivity index (χ0v) is 12.3. The van der Waals surface area contributed by atoms with Crippen molar-refractivity contribution in [2.24, 2.45) is 0 Å². The molecule has 1 aromatic carbocycles. The van der Waals surface area contributed by atoms with Gasteiger partial charge in [-0.1, -0.05) is 18.2 Å². The molecule has 5 nitrogen and oxygen atoms in total. The number of H-pyrrole nitrogens is 1. The number of nitrogens with one attached hydrogen (secondary N) is 1. The lowest BCUT2D eigenvalue weighted by Gasteiger charge is -2.09. The fourth-order valence-corrected chi connectivity index (χ4v) is 2.47. The predicted octanol–water partition coefficient (Wildman–Crippen LogP) is 2.90. The molecule has 1 unspecified atom stereocenters. The van der Waals surface area contributed by atoms with Gasteiger partial charge in [0.25, 0.3) is 0 Å². The summed E-state index contributed by atoms with van der Waals surface area (Å²) in [5.74, 6) is 1.68. The summed E-state index contributed by atoms with van der Waals surface area (Å²) >= 11 is 1.64. The third-order valence-corrected chi connectivity index (χ3v) is 3.62. The van der Waals surface area contributed by atoms with Crippen LogP contribution in [0.3, 0.4) is 0 Å². The van der Waals surface area contributed by atoms with Crippen molar-refractivity contribution in [3.63, 3.8) is 0 Å². The van der Waals surface area contributed by atoms with E-state index in [4.69, 9.17) is 4.74 Å². The van der Waals surface area contributed by atoms with Gasteiger partial charge in [0.2, 0.25) is 0 Å². The first-order valence-electron chi connectivity index (χ1n) is 6.41. The number of aromatic nitrogens is 3. The van der Waals surface area contributed by atoms with Gasteiger partial charge in [0, 0.05) is 10.6 Å². The molecule has 20 heavy (non-hydrogen) atoms. The molecule has 0 saturated carbocycles. The SMILES string of the molecule is Cc1nc(C(C)OC(=O)CCSc2ccccc2)n[nH]1. The molecule has 0 aliphatic heterocycles. The Balaban J connectivity index is 1.73. The Hall–Kier alpha value is -1.82. The molecule has 0 bridgehead atoms. The van der Waals surface area contributed by atoms with Gasteiger partial charge in [0.1, 0.15) is 5.82 Å². The first-order valence-corrected chi connectivity index (χ1v) is 7.40. The molecule has 1 aromatic heterocycles. The number of aromatic amines is 1. The zero-order valence-electron chi connectivity index (χ0n) is 11.5. The Morgan fingerprint density at radius 3 is 2.80 bits per heavy atom. The topological polar surface area (TPSA) is 67.9 Å². The lowest BCUT2D eigenvalue weighted by Crippen LogP contribution is -2.10. The van der Waals surface area contributed by atoms with E-state index in [2.05, 4.69) is 15.2 Å². The molecule has 0 fully saturated rings. The second-order valence-corrected chi connectivity index (χ2v) is 5.49. The third kappa shape index (κ3) is 4.38. The van der Waals surface area contributed by atoms with Crippen molar-refractivity contribution in [2.45, 2.75) is 31.3 Å². The summed E-state index contributed by atoms with van der Waals surface area (Å²) < 4.78 is 5.29. The van der Waals surface area contributed by atoms with Crippen LogP contribution in [-0.4, -0.2) is 26.9 Å². The highest BCUT2D eigenvalue weighted by Crippen LogP contribution is 2.19. The third-order valence-electron chi connectivity index (χ3n) is 2.60. The van der Waals surface area contributed by atoms with Gasteiger partial charge in [-0.25, -0.2) is 4.98 Å². The van der Waals surface area contributed by atoms with Crippen molar-refractivity contribution >= 4 is 17.7 Å². The number of thioether (sulfide) groups is 1. The highest BCUT2D eigenvalue weighted by atomic mass is 32.2. The van der Waals surface area contributed by atoms with E-state index < -0.39 is 6.10 Å². The number of hydrogen-bond donors (Lipinski definition) is 1. The van der Waals surface area contributed by atoms with Crippen LogP contribution in [0.25, 0.3) is 0 Å². The molecule has 0 radical (unpaired) electrons. The van der Waals surface area contributed by atoms with Gasteiger partial charge in [-0.05, 0) is 26.0 Å². The van der Waals surface area contributed by atoms with Crippen LogP contribution < -0.4 is 0 Å². The molecule has 1 N–H and O–H groups in total. The van der Waals surface area contributed by atoms with Crippen molar-refractivity contribution in [1.29, 1.82) is 0 Å². The number of carbonyl (C=O) groups is 1. The molecular formula is C14H17N3O2S. The Labute approximate surface area is 122 Å². The number of rotatable bonds is 6. The van der Waals surface area contributed by atoms with Crippen molar-refractivity contribution in [3.8, 4) is 0 Å². The first kappa shape index (κ1) is 14.6. The van der Waals surface area contributed by atoms with Crippen molar-refractivity contribution in [2.75, 3.05) is 5.75 Å². The highest BCUT2D eigenvalue weighted by molar-refractivity contribution is 7.99. The van der Waals surface area contributed by atoms with Crippen LogP contribution in [0.2, 0.25) is 0 Å². The smallest absolute Gasteiger partial charge is 0.307 e. The van der Waals surface area contributed by atoms with Crippen LogP contribution in [0.5, 0.6) is 0 Å². The molecular weight excluding hydrogens is 274 g/mol. The summed E-state index contributed by atoms with van der Waals surface area (Å²) in [6.07, 6.45) is -0.0537. The average molecular weight is 291 g/mol. The predicted molar refractivity (Wildman–Crippen MR) is 77.4 cm³/mol. The number of ether oxygens (including phenoxy) is 1.